The second-order valence-corrected chi connectivity index (χ2v) is 2.30. The fourth-order valence-corrected chi connectivity index (χ4v) is 0.854. The molecule has 0 heterocycles. The maximum atomic E-state index is 12.5. The number of halogens is 1. The van der Waals surface area contributed by atoms with Gasteiger partial charge in [-0.1, -0.05) is 18.9 Å². The summed E-state index contributed by atoms with van der Waals surface area (Å²) >= 11 is 3.56. The molecular weight excluding hydrogens is 179 g/mol. The molecule has 0 bridgehead atoms. The summed E-state index contributed by atoms with van der Waals surface area (Å²) in [4.78, 5) is 13.2. The summed E-state index contributed by atoms with van der Waals surface area (Å²) < 4.78 is 12.5. The number of nitrogens with one attached hydrogen (secondary N) is 2. The maximum Gasteiger partial charge on any atom is 0.266 e. The molecular formula is C7H7FN2OS. The molecule has 0 aliphatic carbocycles. The van der Waals surface area contributed by atoms with Gasteiger partial charge in [0.25, 0.3) is 5.91 Å². The first-order valence-electron chi connectivity index (χ1n) is 3.19. The molecule has 3 nitrogen and oxygen atoms in total. The normalized spacial score (nSPS) is 9.50. The van der Waals surface area contributed by atoms with Gasteiger partial charge in [-0.25, -0.2) is 4.39 Å². The monoisotopic (exact) mass is 186 g/mol. The Morgan fingerprint density at radius 2 is 2.25 bits per heavy atom. The smallest absolute Gasteiger partial charge is 0.266 e. The minimum atomic E-state index is -0.443. The third kappa shape index (κ3) is 2.21. The summed E-state index contributed by atoms with van der Waals surface area (Å²) in [6.45, 7) is 0. The second kappa shape index (κ2) is 4.08. The average molecular weight is 186 g/mol. The predicted molar refractivity (Wildman–Crippen MR) is 46.0 cm³/mol. The van der Waals surface area contributed by atoms with E-state index >= 15 is 0 Å². The molecule has 1 rings (SSSR count). The lowest BCUT2D eigenvalue weighted by atomic mass is 10.2. The molecule has 1 amide bonds. The number of hydrazine groups is 1. The molecule has 0 atom stereocenters. The van der Waals surface area contributed by atoms with Gasteiger partial charge in [-0.05, 0) is 18.2 Å². The third-order valence-corrected chi connectivity index (χ3v) is 1.37. The van der Waals surface area contributed by atoms with E-state index in [9.17, 15) is 9.18 Å². The molecule has 0 saturated carbocycles. The molecule has 12 heavy (non-hydrogen) atoms. The van der Waals surface area contributed by atoms with E-state index in [4.69, 9.17) is 0 Å². The van der Waals surface area contributed by atoms with Crippen molar-refractivity contribution in [1.82, 2.24) is 10.3 Å². The van der Waals surface area contributed by atoms with Crippen LogP contribution in [-0.2, 0) is 0 Å². The van der Waals surface area contributed by atoms with Crippen molar-refractivity contribution >= 4 is 18.7 Å². The van der Waals surface area contributed by atoms with Crippen LogP contribution in [0, 0.1) is 5.82 Å². The summed E-state index contributed by atoms with van der Waals surface area (Å²) in [6, 6.07) is 5.37. The molecule has 0 aliphatic rings. The van der Waals surface area contributed by atoms with Crippen molar-refractivity contribution in [3.05, 3.63) is 35.6 Å². The van der Waals surface area contributed by atoms with Crippen LogP contribution >= 0.6 is 12.8 Å². The minimum absolute atomic E-state index is 0.247. The van der Waals surface area contributed by atoms with E-state index in [1.54, 1.807) is 0 Å². The summed E-state index contributed by atoms with van der Waals surface area (Å²) in [5, 5.41) is 0. The highest BCUT2D eigenvalue weighted by Gasteiger charge is 2.03. The van der Waals surface area contributed by atoms with Crippen molar-refractivity contribution in [2.75, 3.05) is 0 Å². The molecule has 0 aromatic heterocycles. The van der Waals surface area contributed by atoms with Gasteiger partial charge in [-0.15, -0.1) is 0 Å². The molecule has 0 unspecified atom stereocenters. The van der Waals surface area contributed by atoms with Gasteiger partial charge in [0.2, 0.25) is 0 Å². The topological polar surface area (TPSA) is 41.1 Å². The number of thiol groups is 1. The van der Waals surface area contributed by atoms with Crippen molar-refractivity contribution in [2.24, 2.45) is 0 Å². The summed E-state index contributed by atoms with van der Waals surface area (Å²) in [7, 11) is 0. The fraction of sp³-hybridized carbons (Fsp3) is 0. The zero-order valence-electron chi connectivity index (χ0n) is 6.04. The minimum Gasteiger partial charge on any atom is -0.278 e. The molecule has 5 heteroatoms. The van der Waals surface area contributed by atoms with E-state index in [1.807, 2.05) is 0 Å². The van der Waals surface area contributed by atoms with E-state index < -0.39 is 11.7 Å². The van der Waals surface area contributed by atoms with Gasteiger partial charge in [-0.2, -0.15) is 4.83 Å². The Labute approximate surface area is 74.5 Å². The molecule has 0 aliphatic heterocycles. The SMILES string of the molecule is O=C(NNS)c1cccc(F)c1. The van der Waals surface area contributed by atoms with Gasteiger partial charge >= 0.3 is 0 Å². The highest BCUT2D eigenvalue weighted by molar-refractivity contribution is 7.78. The summed E-state index contributed by atoms with van der Waals surface area (Å²) in [5.41, 5.74) is 2.44. The Morgan fingerprint density at radius 3 is 2.83 bits per heavy atom. The molecule has 0 saturated heterocycles. The zero-order valence-corrected chi connectivity index (χ0v) is 6.94. The molecule has 0 fully saturated rings. The van der Waals surface area contributed by atoms with Crippen LogP contribution in [0.25, 0.3) is 0 Å². The quantitative estimate of drug-likeness (QED) is 0.474. The number of amides is 1. The number of carbonyl (C=O) groups is 1. The zero-order chi connectivity index (χ0) is 8.97. The lowest BCUT2D eigenvalue weighted by Gasteiger charge is -2.00. The lowest BCUT2D eigenvalue weighted by Crippen LogP contribution is -2.30. The number of hydrogen-bond acceptors (Lipinski definition) is 3. The molecule has 1 aromatic rings. The molecule has 0 radical (unpaired) electrons. The van der Waals surface area contributed by atoms with Crippen LogP contribution in [0.5, 0.6) is 0 Å². The molecule has 0 spiro atoms. The van der Waals surface area contributed by atoms with Crippen LogP contribution in [0.4, 0.5) is 4.39 Å². The highest BCUT2D eigenvalue weighted by atomic mass is 32.1. The Bertz CT molecular complexity index is 292. The Morgan fingerprint density at radius 1 is 1.50 bits per heavy atom. The van der Waals surface area contributed by atoms with Gasteiger partial charge in [0.05, 0.1) is 0 Å². The van der Waals surface area contributed by atoms with Crippen LogP contribution in [0.3, 0.4) is 0 Å². The first kappa shape index (κ1) is 9.02. The number of carbonyl (C=O) groups excluding carboxylic acids is 1. The number of benzene rings is 1. The van der Waals surface area contributed by atoms with Crippen molar-refractivity contribution < 1.29 is 9.18 Å². The van der Waals surface area contributed by atoms with Gasteiger partial charge in [-0.3, -0.25) is 10.2 Å². The third-order valence-electron chi connectivity index (χ3n) is 1.26. The Balaban J connectivity index is 2.81. The Kier molecular flexibility index (Phi) is 3.07. The largest absolute Gasteiger partial charge is 0.278 e. The predicted octanol–water partition coefficient (Wildman–Crippen LogP) is 0.905. The standard InChI is InChI=1S/C7H7FN2OS/c8-6-3-1-2-5(4-6)7(11)9-10-12/h1-4,10,12H,(H,9,11). The van der Waals surface area contributed by atoms with E-state index in [2.05, 4.69) is 23.1 Å². The van der Waals surface area contributed by atoms with E-state index in [0.717, 1.165) is 6.07 Å². The van der Waals surface area contributed by atoms with Crippen molar-refractivity contribution in [3.8, 4) is 0 Å². The van der Waals surface area contributed by atoms with Gasteiger partial charge < -0.3 is 0 Å². The van der Waals surface area contributed by atoms with Gasteiger partial charge in [0.1, 0.15) is 5.82 Å². The summed E-state index contributed by atoms with van der Waals surface area (Å²) in [5.74, 6) is -0.869. The van der Waals surface area contributed by atoms with Crippen molar-refractivity contribution in [3.63, 3.8) is 0 Å². The first-order chi connectivity index (χ1) is 5.74. The first-order valence-corrected chi connectivity index (χ1v) is 3.64. The molecule has 1 aromatic carbocycles. The second-order valence-electron chi connectivity index (χ2n) is 2.08. The van der Waals surface area contributed by atoms with Crippen molar-refractivity contribution in [2.45, 2.75) is 0 Å². The Hall–Kier alpha value is -1.07. The van der Waals surface area contributed by atoms with Crippen LogP contribution in [0.15, 0.2) is 24.3 Å². The number of rotatable bonds is 2. The van der Waals surface area contributed by atoms with Crippen LogP contribution in [0.2, 0.25) is 0 Å². The van der Waals surface area contributed by atoms with E-state index in [-0.39, 0.29) is 5.56 Å². The maximum absolute atomic E-state index is 12.5. The van der Waals surface area contributed by atoms with Gasteiger partial charge in [0, 0.05) is 5.56 Å². The van der Waals surface area contributed by atoms with Crippen molar-refractivity contribution in [1.29, 1.82) is 0 Å². The molecule has 2 N–H and O–H groups in total. The fourth-order valence-electron chi connectivity index (χ4n) is 0.753. The van der Waals surface area contributed by atoms with Crippen LogP contribution < -0.4 is 10.3 Å². The highest BCUT2D eigenvalue weighted by Crippen LogP contribution is 2.02. The van der Waals surface area contributed by atoms with Crippen LogP contribution in [-0.4, -0.2) is 5.91 Å². The van der Waals surface area contributed by atoms with E-state index in [0.29, 0.717) is 0 Å². The van der Waals surface area contributed by atoms with Crippen LogP contribution in [0.1, 0.15) is 10.4 Å². The molecule has 64 valence electrons. The van der Waals surface area contributed by atoms with E-state index in [1.165, 1.54) is 18.2 Å². The average Bonchev–Trinajstić information content (AvgIpc) is 2.05. The lowest BCUT2D eigenvalue weighted by molar-refractivity contribution is 0.0947. The number of hydrogen-bond donors (Lipinski definition) is 3. The summed E-state index contributed by atoms with van der Waals surface area (Å²) in [6.07, 6.45) is 0. The van der Waals surface area contributed by atoms with Gasteiger partial charge in [0.15, 0.2) is 0 Å².